The van der Waals surface area contributed by atoms with Crippen molar-refractivity contribution < 1.29 is 19.2 Å². The molecule has 5 amide bonds. The molecule has 31 heavy (non-hydrogen) atoms. The van der Waals surface area contributed by atoms with Gasteiger partial charge >= 0.3 is 6.03 Å². The molecule has 0 aliphatic carbocycles. The van der Waals surface area contributed by atoms with Crippen LogP contribution in [0.4, 0.5) is 16.2 Å². The number of nitrogens with zero attached hydrogens (tertiary/aromatic N) is 1. The Labute approximate surface area is 181 Å². The van der Waals surface area contributed by atoms with Gasteiger partial charge in [-0.2, -0.15) is 0 Å². The van der Waals surface area contributed by atoms with Crippen LogP contribution in [-0.2, 0) is 20.8 Å². The minimum atomic E-state index is -0.475. The largest absolute Gasteiger partial charge is 0.329 e. The number of hydrogen-bond acceptors (Lipinski definition) is 4. The highest BCUT2D eigenvalue weighted by molar-refractivity contribution is 6.02. The summed E-state index contributed by atoms with van der Waals surface area (Å²) in [5, 5.41) is 7.97. The van der Waals surface area contributed by atoms with E-state index in [0.717, 1.165) is 17.7 Å². The first-order chi connectivity index (χ1) is 14.9. The molecular weight excluding hydrogens is 396 g/mol. The lowest BCUT2D eigenvalue weighted by molar-refractivity contribution is -0.125. The van der Waals surface area contributed by atoms with Crippen molar-refractivity contribution in [3.05, 3.63) is 59.7 Å². The molecule has 0 bridgehead atoms. The number of benzene rings is 2. The number of rotatable bonds is 9. The zero-order valence-corrected chi connectivity index (χ0v) is 17.4. The van der Waals surface area contributed by atoms with Gasteiger partial charge < -0.3 is 16.0 Å². The van der Waals surface area contributed by atoms with Gasteiger partial charge in [-0.25, -0.2) is 4.79 Å². The van der Waals surface area contributed by atoms with Crippen molar-refractivity contribution in [1.82, 2.24) is 10.2 Å². The van der Waals surface area contributed by atoms with E-state index in [9.17, 15) is 19.2 Å². The maximum Gasteiger partial charge on any atom is 0.324 e. The molecule has 2 aromatic rings. The minimum absolute atomic E-state index is 0.0125. The van der Waals surface area contributed by atoms with Gasteiger partial charge in [-0.05, 0) is 49.6 Å². The number of amides is 5. The number of carbonyl (C=O) groups is 4. The average molecular weight is 422 g/mol. The van der Waals surface area contributed by atoms with Gasteiger partial charge in [-0.1, -0.05) is 29.8 Å². The first-order valence-electron chi connectivity index (χ1n) is 10.2. The number of anilines is 2. The van der Waals surface area contributed by atoms with Gasteiger partial charge in [-0.3, -0.25) is 19.3 Å². The first-order valence-corrected chi connectivity index (χ1v) is 10.2. The van der Waals surface area contributed by atoms with Gasteiger partial charge in [0.05, 0.1) is 6.54 Å². The predicted molar refractivity (Wildman–Crippen MR) is 118 cm³/mol. The quantitative estimate of drug-likeness (QED) is 0.540. The molecule has 0 radical (unpaired) electrons. The highest BCUT2D eigenvalue weighted by Crippen LogP contribution is 2.15. The van der Waals surface area contributed by atoms with Crippen LogP contribution in [0.15, 0.2) is 48.5 Å². The smallest absolute Gasteiger partial charge is 0.324 e. The second-order valence-electron chi connectivity index (χ2n) is 7.47. The summed E-state index contributed by atoms with van der Waals surface area (Å²) < 4.78 is 0. The third-order valence-corrected chi connectivity index (χ3v) is 4.94. The zero-order chi connectivity index (χ0) is 22.2. The lowest BCUT2D eigenvalue weighted by atomic mass is 10.1. The standard InChI is InChI=1S/C23H26N4O4/c1-16-5-7-17(8-6-16)3-2-4-20(28)25-18-9-11-19(12-10-18)26-21(29)13-14-27-22(30)15-24-23(27)31/h5-12H,2-4,13-15H2,1H3,(H,24,31)(H,25,28)(H,26,29). The number of hydrogen-bond donors (Lipinski definition) is 3. The Kier molecular flexibility index (Phi) is 7.37. The highest BCUT2D eigenvalue weighted by Gasteiger charge is 2.28. The fourth-order valence-electron chi connectivity index (χ4n) is 3.19. The summed E-state index contributed by atoms with van der Waals surface area (Å²) in [5.41, 5.74) is 3.65. The Morgan fingerprint density at radius 2 is 1.48 bits per heavy atom. The van der Waals surface area contributed by atoms with Crippen LogP contribution >= 0.6 is 0 Å². The van der Waals surface area contributed by atoms with Crippen molar-refractivity contribution in [3.8, 4) is 0 Å². The molecular formula is C23H26N4O4. The van der Waals surface area contributed by atoms with Crippen LogP contribution < -0.4 is 16.0 Å². The van der Waals surface area contributed by atoms with Gasteiger partial charge in [-0.15, -0.1) is 0 Å². The molecule has 0 aromatic heterocycles. The van der Waals surface area contributed by atoms with Crippen molar-refractivity contribution in [2.75, 3.05) is 23.7 Å². The average Bonchev–Trinajstić information content (AvgIpc) is 3.07. The van der Waals surface area contributed by atoms with E-state index in [4.69, 9.17) is 0 Å². The van der Waals surface area contributed by atoms with E-state index in [1.54, 1.807) is 24.3 Å². The van der Waals surface area contributed by atoms with Crippen LogP contribution in [0.2, 0.25) is 0 Å². The summed E-state index contributed by atoms with van der Waals surface area (Å²) in [5.74, 6) is -0.699. The molecule has 1 aliphatic heterocycles. The summed E-state index contributed by atoms with van der Waals surface area (Å²) in [6.07, 6.45) is 2.05. The molecule has 1 fully saturated rings. The zero-order valence-electron chi connectivity index (χ0n) is 17.4. The molecule has 8 nitrogen and oxygen atoms in total. The highest BCUT2D eigenvalue weighted by atomic mass is 16.2. The number of urea groups is 1. The molecule has 0 saturated carbocycles. The summed E-state index contributed by atoms with van der Waals surface area (Å²) >= 11 is 0. The van der Waals surface area contributed by atoms with Gasteiger partial charge in [0.2, 0.25) is 17.7 Å². The van der Waals surface area contributed by atoms with E-state index < -0.39 is 6.03 Å². The molecule has 0 atom stereocenters. The maximum atomic E-state index is 12.1. The number of aryl methyl sites for hydroxylation is 2. The van der Waals surface area contributed by atoms with Crippen molar-refractivity contribution >= 4 is 35.1 Å². The Morgan fingerprint density at radius 1 is 0.903 bits per heavy atom. The van der Waals surface area contributed by atoms with Crippen molar-refractivity contribution in [2.24, 2.45) is 0 Å². The fraction of sp³-hybridized carbons (Fsp3) is 0.304. The molecule has 162 valence electrons. The molecule has 1 saturated heterocycles. The Balaban J connectivity index is 1.38. The normalized spacial score (nSPS) is 13.1. The molecule has 3 rings (SSSR count). The van der Waals surface area contributed by atoms with Crippen LogP contribution in [0, 0.1) is 6.92 Å². The third kappa shape index (κ3) is 6.67. The molecule has 0 unspecified atom stereocenters. The van der Waals surface area contributed by atoms with Gasteiger partial charge in [0.15, 0.2) is 0 Å². The second kappa shape index (κ2) is 10.4. The third-order valence-electron chi connectivity index (χ3n) is 4.94. The van der Waals surface area contributed by atoms with Crippen LogP contribution in [-0.4, -0.2) is 41.7 Å². The first kappa shape index (κ1) is 22.0. The number of imide groups is 1. The summed E-state index contributed by atoms with van der Waals surface area (Å²) in [4.78, 5) is 48.2. The van der Waals surface area contributed by atoms with Gasteiger partial charge in [0, 0.05) is 30.8 Å². The molecule has 8 heteroatoms. The van der Waals surface area contributed by atoms with Crippen molar-refractivity contribution in [1.29, 1.82) is 0 Å². The molecule has 1 heterocycles. The topological polar surface area (TPSA) is 108 Å². The Bertz CT molecular complexity index is 939. The van der Waals surface area contributed by atoms with E-state index in [0.29, 0.717) is 17.8 Å². The molecule has 1 aliphatic rings. The monoisotopic (exact) mass is 422 g/mol. The van der Waals surface area contributed by atoms with Crippen LogP contribution in [0.3, 0.4) is 0 Å². The minimum Gasteiger partial charge on any atom is -0.329 e. The number of nitrogens with one attached hydrogen (secondary N) is 3. The molecule has 3 N–H and O–H groups in total. The van der Waals surface area contributed by atoms with E-state index >= 15 is 0 Å². The molecule has 2 aromatic carbocycles. The fourth-order valence-corrected chi connectivity index (χ4v) is 3.19. The number of carbonyl (C=O) groups excluding carboxylic acids is 4. The molecule has 0 spiro atoms. The SMILES string of the molecule is Cc1ccc(CCCC(=O)Nc2ccc(NC(=O)CCN3C(=O)CNC3=O)cc2)cc1. The van der Waals surface area contributed by atoms with E-state index in [1.807, 2.05) is 6.92 Å². The summed E-state index contributed by atoms with van der Waals surface area (Å²) in [7, 11) is 0. The van der Waals surface area contributed by atoms with E-state index in [-0.39, 0.29) is 37.2 Å². The Morgan fingerprint density at radius 3 is 2.03 bits per heavy atom. The lowest BCUT2D eigenvalue weighted by Crippen LogP contribution is -2.33. The predicted octanol–water partition coefficient (Wildman–Crippen LogP) is 2.84. The van der Waals surface area contributed by atoms with Gasteiger partial charge in [0.25, 0.3) is 0 Å². The van der Waals surface area contributed by atoms with E-state index in [2.05, 4.69) is 40.2 Å². The Hall–Kier alpha value is -3.68. The summed E-state index contributed by atoms with van der Waals surface area (Å²) in [6.45, 7) is 2.05. The van der Waals surface area contributed by atoms with Gasteiger partial charge in [0.1, 0.15) is 0 Å². The van der Waals surface area contributed by atoms with E-state index in [1.165, 1.54) is 11.1 Å². The van der Waals surface area contributed by atoms with Crippen molar-refractivity contribution in [2.45, 2.75) is 32.6 Å². The summed E-state index contributed by atoms with van der Waals surface area (Å²) in [6, 6.07) is 14.6. The van der Waals surface area contributed by atoms with Crippen LogP contribution in [0.5, 0.6) is 0 Å². The maximum absolute atomic E-state index is 12.1. The van der Waals surface area contributed by atoms with Crippen LogP contribution in [0.25, 0.3) is 0 Å². The lowest BCUT2D eigenvalue weighted by Gasteiger charge is -2.12. The van der Waals surface area contributed by atoms with Crippen LogP contribution in [0.1, 0.15) is 30.4 Å². The second-order valence-corrected chi connectivity index (χ2v) is 7.47. The van der Waals surface area contributed by atoms with Crippen molar-refractivity contribution in [3.63, 3.8) is 0 Å².